The zero-order valence-corrected chi connectivity index (χ0v) is 15.5. The van der Waals surface area contributed by atoms with Gasteiger partial charge in [-0.15, -0.1) is 0 Å². The Morgan fingerprint density at radius 3 is 2.41 bits per heavy atom. The molecule has 130 valence electrons. The van der Waals surface area contributed by atoms with Gasteiger partial charge in [-0.2, -0.15) is 0 Å². The van der Waals surface area contributed by atoms with Crippen molar-refractivity contribution in [2.45, 2.75) is 6.92 Å². The molecule has 0 unspecified atom stereocenters. The molecule has 3 aromatic carbocycles. The number of halogens is 1. The molecule has 27 heavy (non-hydrogen) atoms. The molecule has 3 heteroatoms. The highest BCUT2D eigenvalue weighted by atomic mass is 35.5. The first kappa shape index (κ1) is 17.1. The highest BCUT2D eigenvalue weighted by molar-refractivity contribution is 6.30. The molecule has 0 atom stereocenters. The second-order valence-corrected chi connectivity index (χ2v) is 6.74. The SMILES string of the molecule is Cc1cn(C(=O)c2ccccc2C#Cc2ccc(Cl)cc2)c2ccccc12. The molecule has 0 radical (unpaired) electrons. The van der Waals surface area contributed by atoms with E-state index >= 15 is 0 Å². The summed E-state index contributed by atoms with van der Waals surface area (Å²) in [6.45, 7) is 2.01. The van der Waals surface area contributed by atoms with Crippen molar-refractivity contribution in [2.75, 3.05) is 0 Å². The molecule has 0 fully saturated rings. The van der Waals surface area contributed by atoms with Gasteiger partial charge in [0.15, 0.2) is 0 Å². The molecule has 0 N–H and O–H groups in total. The van der Waals surface area contributed by atoms with Gasteiger partial charge in [0, 0.05) is 27.7 Å². The van der Waals surface area contributed by atoms with Gasteiger partial charge in [0.2, 0.25) is 0 Å². The summed E-state index contributed by atoms with van der Waals surface area (Å²) in [5.41, 5.74) is 4.11. The Morgan fingerprint density at radius 1 is 0.889 bits per heavy atom. The van der Waals surface area contributed by atoms with Crippen molar-refractivity contribution in [1.29, 1.82) is 0 Å². The van der Waals surface area contributed by atoms with Crippen molar-refractivity contribution in [3.8, 4) is 11.8 Å². The molecule has 0 aliphatic rings. The lowest BCUT2D eigenvalue weighted by atomic mass is 10.1. The average Bonchev–Trinajstić information content (AvgIpc) is 3.04. The number of hydrogen-bond acceptors (Lipinski definition) is 1. The Morgan fingerprint density at radius 2 is 1.59 bits per heavy atom. The number of aromatic nitrogens is 1. The molecule has 0 spiro atoms. The van der Waals surface area contributed by atoms with Crippen molar-refractivity contribution in [1.82, 2.24) is 4.57 Å². The molecule has 4 rings (SSSR count). The maximum Gasteiger partial charge on any atom is 0.263 e. The van der Waals surface area contributed by atoms with Crippen LogP contribution >= 0.6 is 11.6 Å². The number of para-hydroxylation sites is 1. The predicted molar refractivity (Wildman–Crippen MR) is 110 cm³/mol. The summed E-state index contributed by atoms with van der Waals surface area (Å²) in [7, 11) is 0. The van der Waals surface area contributed by atoms with Gasteiger partial charge in [0.1, 0.15) is 0 Å². The zero-order chi connectivity index (χ0) is 18.8. The minimum absolute atomic E-state index is 0.0830. The largest absolute Gasteiger partial charge is 0.283 e. The van der Waals surface area contributed by atoms with Crippen molar-refractivity contribution >= 4 is 28.4 Å². The number of nitrogens with zero attached hydrogens (tertiary/aromatic N) is 1. The first-order valence-corrected chi connectivity index (χ1v) is 8.99. The summed E-state index contributed by atoms with van der Waals surface area (Å²) >= 11 is 5.92. The van der Waals surface area contributed by atoms with Gasteiger partial charge in [-0.3, -0.25) is 9.36 Å². The van der Waals surface area contributed by atoms with Gasteiger partial charge in [-0.05, 0) is 55.0 Å². The number of rotatable bonds is 1. The highest BCUT2D eigenvalue weighted by Gasteiger charge is 2.15. The molecule has 2 nitrogen and oxygen atoms in total. The number of benzene rings is 3. The molecule has 0 aliphatic carbocycles. The molecule has 0 saturated heterocycles. The van der Waals surface area contributed by atoms with E-state index in [0.717, 1.165) is 22.0 Å². The normalized spacial score (nSPS) is 10.4. The van der Waals surface area contributed by atoms with Gasteiger partial charge in [0.05, 0.1) is 11.1 Å². The van der Waals surface area contributed by atoms with Gasteiger partial charge in [0.25, 0.3) is 5.91 Å². The van der Waals surface area contributed by atoms with Crippen LogP contribution in [0.25, 0.3) is 10.9 Å². The van der Waals surface area contributed by atoms with Crippen LogP contribution < -0.4 is 0 Å². The minimum atomic E-state index is -0.0830. The van der Waals surface area contributed by atoms with E-state index in [1.807, 2.05) is 73.8 Å². The van der Waals surface area contributed by atoms with Crippen LogP contribution in [0.5, 0.6) is 0 Å². The van der Waals surface area contributed by atoms with E-state index in [2.05, 4.69) is 11.8 Å². The van der Waals surface area contributed by atoms with Crippen LogP contribution in [-0.2, 0) is 0 Å². The molecule has 0 saturated carbocycles. The number of carbonyl (C=O) groups excluding carboxylic acids is 1. The molecular weight excluding hydrogens is 354 g/mol. The van der Waals surface area contributed by atoms with Crippen LogP contribution in [0.1, 0.15) is 27.0 Å². The van der Waals surface area contributed by atoms with E-state index < -0.39 is 0 Å². The molecular formula is C24H16ClNO. The topological polar surface area (TPSA) is 22.0 Å². The molecule has 4 aromatic rings. The zero-order valence-electron chi connectivity index (χ0n) is 14.7. The predicted octanol–water partition coefficient (Wildman–Crippen LogP) is 5.69. The summed E-state index contributed by atoms with van der Waals surface area (Å²) in [4.78, 5) is 13.2. The van der Waals surface area contributed by atoms with Gasteiger partial charge in [-0.1, -0.05) is 53.8 Å². The summed E-state index contributed by atoms with van der Waals surface area (Å²) in [5.74, 6) is 6.15. The number of carbonyl (C=O) groups is 1. The summed E-state index contributed by atoms with van der Waals surface area (Å²) in [6.07, 6.45) is 1.89. The minimum Gasteiger partial charge on any atom is -0.283 e. The van der Waals surface area contributed by atoms with Crippen molar-refractivity contribution < 1.29 is 4.79 Å². The lowest BCUT2D eigenvalue weighted by Crippen LogP contribution is -2.12. The van der Waals surface area contributed by atoms with E-state index in [4.69, 9.17) is 11.6 Å². The average molecular weight is 370 g/mol. The van der Waals surface area contributed by atoms with Crippen molar-refractivity contribution in [3.05, 3.63) is 106 Å². The Hall–Kier alpha value is -3.28. The van der Waals surface area contributed by atoms with Crippen LogP contribution in [0.15, 0.2) is 79.0 Å². The van der Waals surface area contributed by atoms with Crippen LogP contribution in [-0.4, -0.2) is 10.5 Å². The van der Waals surface area contributed by atoms with Crippen molar-refractivity contribution in [3.63, 3.8) is 0 Å². The van der Waals surface area contributed by atoms with Gasteiger partial charge < -0.3 is 0 Å². The highest BCUT2D eigenvalue weighted by Crippen LogP contribution is 2.22. The molecule has 0 bridgehead atoms. The summed E-state index contributed by atoms with van der Waals surface area (Å²) < 4.78 is 1.70. The Bertz CT molecular complexity index is 1210. The number of hydrogen-bond donors (Lipinski definition) is 0. The molecule has 0 aliphatic heterocycles. The monoisotopic (exact) mass is 369 g/mol. The summed E-state index contributed by atoms with van der Waals surface area (Å²) in [5, 5.41) is 1.75. The van der Waals surface area contributed by atoms with E-state index in [0.29, 0.717) is 16.1 Å². The third kappa shape index (κ3) is 3.38. The fourth-order valence-electron chi connectivity index (χ4n) is 3.10. The fourth-order valence-corrected chi connectivity index (χ4v) is 3.23. The first-order valence-electron chi connectivity index (χ1n) is 8.61. The Balaban J connectivity index is 1.77. The molecule has 1 heterocycles. The van der Waals surface area contributed by atoms with Crippen LogP contribution in [0.4, 0.5) is 0 Å². The van der Waals surface area contributed by atoms with Crippen LogP contribution in [0.2, 0.25) is 5.02 Å². The smallest absolute Gasteiger partial charge is 0.263 e. The fraction of sp³-hybridized carbons (Fsp3) is 0.0417. The molecule has 0 amide bonds. The molecule has 1 aromatic heterocycles. The third-order valence-corrected chi connectivity index (χ3v) is 4.73. The number of fused-ring (bicyclic) bond motifs is 1. The Kier molecular flexibility index (Phi) is 4.54. The quantitative estimate of drug-likeness (QED) is 0.395. The lowest BCUT2D eigenvalue weighted by molar-refractivity contribution is 0.0964. The lowest BCUT2D eigenvalue weighted by Gasteiger charge is -2.06. The van der Waals surface area contributed by atoms with Crippen molar-refractivity contribution in [2.24, 2.45) is 0 Å². The van der Waals surface area contributed by atoms with E-state index in [1.54, 1.807) is 16.7 Å². The second kappa shape index (κ2) is 7.15. The maximum absolute atomic E-state index is 13.2. The number of aryl methyl sites for hydroxylation is 1. The Labute approximate surface area is 163 Å². The standard InChI is InChI=1S/C24H16ClNO/c1-17-16-26(23-9-5-4-7-21(17)23)24(27)22-8-3-2-6-19(22)13-10-18-11-14-20(25)15-12-18/h2-9,11-12,14-16H,1H3. The summed E-state index contributed by atoms with van der Waals surface area (Å²) in [6, 6.07) is 22.7. The third-order valence-electron chi connectivity index (χ3n) is 4.47. The maximum atomic E-state index is 13.2. The first-order chi connectivity index (χ1) is 13.1. The van der Waals surface area contributed by atoms with E-state index in [-0.39, 0.29) is 5.91 Å². The van der Waals surface area contributed by atoms with E-state index in [1.165, 1.54) is 0 Å². The van der Waals surface area contributed by atoms with E-state index in [9.17, 15) is 4.79 Å². The van der Waals surface area contributed by atoms with Gasteiger partial charge in [-0.25, -0.2) is 0 Å². The van der Waals surface area contributed by atoms with Crippen LogP contribution in [0.3, 0.4) is 0 Å². The van der Waals surface area contributed by atoms with Crippen LogP contribution in [0, 0.1) is 18.8 Å². The second-order valence-electron chi connectivity index (χ2n) is 6.31. The van der Waals surface area contributed by atoms with Gasteiger partial charge >= 0.3 is 0 Å².